The van der Waals surface area contributed by atoms with Gasteiger partial charge in [0.1, 0.15) is 12.1 Å². The van der Waals surface area contributed by atoms with Crippen molar-refractivity contribution < 1.29 is 24.0 Å². The fourth-order valence-corrected chi connectivity index (χ4v) is 6.95. The molecule has 1 unspecified atom stereocenters. The molecule has 2 rings (SSSR count). The molecular weight excluding hydrogens is 572 g/mol. The van der Waals surface area contributed by atoms with E-state index >= 15 is 0 Å². The number of urea groups is 1. The molecule has 11 nitrogen and oxygen atoms in total. The van der Waals surface area contributed by atoms with Gasteiger partial charge in [-0.1, -0.05) is 73.3 Å². The Morgan fingerprint density at radius 3 is 2.24 bits per heavy atom. The molecule has 5 N–H and O–H groups in total. The fourth-order valence-electron chi connectivity index (χ4n) is 6.95. The van der Waals surface area contributed by atoms with Gasteiger partial charge in [0.15, 0.2) is 0 Å². The van der Waals surface area contributed by atoms with Crippen molar-refractivity contribution in [2.24, 2.45) is 16.7 Å². The molecule has 45 heavy (non-hydrogen) atoms. The summed E-state index contributed by atoms with van der Waals surface area (Å²) >= 11 is 0. The van der Waals surface area contributed by atoms with Crippen molar-refractivity contribution in [2.75, 3.05) is 26.7 Å². The zero-order valence-electron chi connectivity index (χ0n) is 28.9. The lowest BCUT2D eigenvalue weighted by atomic mass is 9.70. The predicted octanol–water partition coefficient (Wildman–Crippen LogP) is 3.43. The van der Waals surface area contributed by atoms with Crippen LogP contribution in [0.1, 0.15) is 106 Å². The van der Waals surface area contributed by atoms with E-state index in [1.807, 2.05) is 14.0 Å². The standard InChI is InChI=1S/C34H60N6O5/c1-9-15-24(26(41)30(43)36-20-10-2)37-29(42)25-16-14-22-40(25)31(44)28(34(7)18-12-11-13-19-34)39-32(45)38-27(33(4,5)6)23(3)17-21-35-8/h10,23-25,27-28,35H,2,9,11-22H2,1,3-8H3,(H,36,43)(H,37,42)(H2,38,39,45)/t23-,24?,25+,27-,28-/m1/s1. The van der Waals surface area contributed by atoms with Gasteiger partial charge in [-0.25, -0.2) is 4.79 Å². The minimum absolute atomic E-state index is 0.122. The maximum atomic E-state index is 14.4. The van der Waals surface area contributed by atoms with Gasteiger partial charge in [-0.2, -0.15) is 0 Å². The van der Waals surface area contributed by atoms with E-state index in [9.17, 15) is 24.0 Å². The van der Waals surface area contributed by atoms with Crippen molar-refractivity contribution in [3.63, 3.8) is 0 Å². The number of hydrogen-bond donors (Lipinski definition) is 5. The number of nitrogens with zero attached hydrogens (tertiary/aromatic N) is 1. The summed E-state index contributed by atoms with van der Waals surface area (Å²) in [5.74, 6) is -2.02. The lowest BCUT2D eigenvalue weighted by Crippen LogP contribution is -2.62. The Labute approximate surface area is 270 Å². The van der Waals surface area contributed by atoms with E-state index in [2.05, 4.69) is 67.8 Å². The Hall–Kier alpha value is -2.95. The van der Waals surface area contributed by atoms with Gasteiger partial charge in [0.05, 0.1) is 6.04 Å². The molecule has 1 saturated heterocycles. The van der Waals surface area contributed by atoms with Crippen LogP contribution in [0, 0.1) is 16.7 Å². The summed E-state index contributed by atoms with van der Waals surface area (Å²) in [4.78, 5) is 68.4. The Morgan fingerprint density at radius 1 is 1.00 bits per heavy atom. The third-order valence-corrected chi connectivity index (χ3v) is 9.53. The maximum Gasteiger partial charge on any atom is 0.315 e. The fraction of sp³-hybridized carbons (Fsp3) is 0.794. The van der Waals surface area contributed by atoms with Gasteiger partial charge < -0.3 is 31.5 Å². The number of carbonyl (C=O) groups excluding carboxylic acids is 5. The summed E-state index contributed by atoms with van der Waals surface area (Å²) in [5, 5.41) is 14.7. The first-order valence-corrected chi connectivity index (χ1v) is 17.0. The molecule has 1 aliphatic carbocycles. The average Bonchev–Trinajstić information content (AvgIpc) is 3.49. The first-order valence-electron chi connectivity index (χ1n) is 17.0. The molecule has 2 fully saturated rings. The molecule has 0 aromatic heterocycles. The third-order valence-electron chi connectivity index (χ3n) is 9.53. The average molecular weight is 633 g/mol. The summed E-state index contributed by atoms with van der Waals surface area (Å²) in [6, 6.07) is -3.08. The lowest BCUT2D eigenvalue weighted by molar-refractivity contribution is -0.144. The zero-order chi connectivity index (χ0) is 33.8. The summed E-state index contributed by atoms with van der Waals surface area (Å²) < 4.78 is 0. The van der Waals surface area contributed by atoms with Crippen molar-refractivity contribution in [1.82, 2.24) is 31.5 Å². The van der Waals surface area contributed by atoms with Gasteiger partial charge in [0.2, 0.25) is 17.6 Å². The number of likely N-dealkylation sites (tertiary alicyclic amines) is 1. The third kappa shape index (κ3) is 10.8. The van der Waals surface area contributed by atoms with Crippen LogP contribution in [0.4, 0.5) is 4.79 Å². The lowest BCUT2D eigenvalue weighted by Gasteiger charge is -2.43. The van der Waals surface area contributed by atoms with Crippen molar-refractivity contribution in [2.45, 2.75) is 130 Å². The van der Waals surface area contributed by atoms with E-state index in [4.69, 9.17) is 0 Å². The number of Topliss-reactive ketones (excluding diaryl/α,β-unsaturated/α-hetero) is 1. The second-order valence-electron chi connectivity index (χ2n) is 14.4. The number of nitrogens with one attached hydrogen (secondary N) is 5. The van der Waals surface area contributed by atoms with Crippen molar-refractivity contribution in [3.05, 3.63) is 12.7 Å². The van der Waals surface area contributed by atoms with E-state index in [0.29, 0.717) is 32.2 Å². The quantitative estimate of drug-likeness (QED) is 0.130. The Morgan fingerprint density at radius 2 is 1.67 bits per heavy atom. The normalized spacial score (nSPS) is 20.7. The highest BCUT2D eigenvalue weighted by molar-refractivity contribution is 6.38. The number of carbonyl (C=O) groups is 5. The molecule has 0 aromatic rings. The smallest absolute Gasteiger partial charge is 0.315 e. The summed E-state index contributed by atoms with van der Waals surface area (Å²) in [6.07, 6.45) is 8.93. The number of hydrogen-bond acceptors (Lipinski definition) is 6. The highest BCUT2D eigenvalue weighted by Crippen LogP contribution is 2.40. The van der Waals surface area contributed by atoms with Crippen molar-refractivity contribution >= 4 is 29.5 Å². The molecule has 0 spiro atoms. The zero-order valence-corrected chi connectivity index (χ0v) is 28.9. The largest absolute Gasteiger partial charge is 0.346 e. The maximum absolute atomic E-state index is 14.4. The number of ketones is 1. The van der Waals surface area contributed by atoms with E-state index < -0.39 is 41.1 Å². The van der Waals surface area contributed by atoms with Crippen LogP contribution in [-0.2, 0) is 19.2 Å². The van der Waals surface area contributed by atoms with Crippen LogP contribution in [0.25, 0.3) is 0 Å². The van der Waals surface area contributed by atoms with Gasteiger partial charge in [0.25, 0.3) is 5.91 Å². The Kier molecular flexibility index (Phi) is 15.0. The van der Waals surface area contributed by atoms with E-state index in [-0.39, 0.29) is 35.9 Å². The molecule has 11 heteroatoms. The minimum atomic E-state index is -0.986. The van der Waals surface area contributed by atoms with Crippen LogP contribution in [-0.4, -0.2) is 85.3 Å². The molecule has 1 saturated carbocycles. The van der Waals surface area contributed by atoms with Gasteiger partial charge in [0, 0.05) is 19.1 Å². The number of rotatable bonds is 16. The summed E-state index contributed by atoms with van der Waals surface area (Å²) in [6.45, 7) is 17.3. The monoisotopic (exact) mass is 632 g/mol. The van der Waals surface area contributed by atoms with Crippen LogP contribution in [0.3, 0.4) is 0 Å². The molecule has 256 valence electrons. The van der Waals surface area contributed by atoms with Crippen LogP contribution in [0.5, 0.6) is 0 Å². The van der Waals surface area contributed by atoms with Crippen LogP contribution < -0.4 is 26.6 Å². The summed E-state index contributed by atoms with van der Waals surface area (Å²) in [7, 11) is 1.91. The summed E-state index contributed by atoms with van der Waals surface area (Å²) in [5.41, 5.74) is -0.666. The Balaban J connectivity index is 2.29. The molecular formula is C34H60N6O5. The second kappa shape index (κ2) is 17.7. The topological polar surface area (TPSA) is 149 Å². The van der Waals surface area contributed by atoms with Crippen molar-refractivity contribution in [3.8, 4) is 0 Å². The van der Waals surface area contributed by atoms with Gasteiger partial charge in [-0.3, -0.25) is 19.2 Å². The SMILES string of the molecule is C=CCNC(=O)C(=O)C(CCC)NC(=O)[C@@H]1CCCN1C(=O)[C@@H](NC(=O)N[C@H]([C@H](C)CCNC)C(C)(C)C)C1(C)CCCCC1. The highest BCUT2D eigenvalue weighted by atomic mass is 16.2. The number of amides is 5. The molecule has 1 heterocycles. The minimum Gasteiger partial charge on any atom is -0.346 e. The van der Waals surface area contributed by atoms with Crippen LogP contribution in [0.2, 0.25) is 0 Å². The first-order chi connectivity index (χ1) is 21.2. The second-order valence-corrected chi connectivity index (χ2v) is 14.4. The molecule has 0 radical (unpaired) electrons. The van der Waals surface area contributed by atoms with Crippen molar-refractivity contribution in [1.29, 1.82) is 0 Å². The molecule has 2 aliphatic rings. The highest BCUT2D eigenvalue weighted by Gasteiger charge is 2.47. The van der Waals surface area contributed by atoms with Gasteiger partial charge in [-0.05, 0) is 68.9 Å². The van der Waals surface area contributed by atoms with Crippen LogP contribution in [0.15, 0.2) is 12.7 Å². The molecule has 0 bridgehead atoms. The van der Waals surface area contributed by atoms with Gasteiger partial charge in [-0.15, -0.1) is 6.58 Å². The van der Waals surface area contributed by atoms with E-state index in [0.717, 1.165) is 45.1 Å². The Bertz CT molecular complexity index is 1030. The molecule has 5 atom stereocenters. The molecule has 1 aliphatic heterocycles. The van der Waals surface area contributed by atoms with E-state index in [1.165, 1.54) is 6.08 Å². The van der Waals surface area contributed by atoms with E-state index in [1.54, 1.807) is 4.90 Å². The first kappa shape index (κ1) is 38.2. The predicted molar refractivity (Wildman–Crippen MR) is 177 cm³/mol. The molecule has 5 amide bonds. The van der Waals surface area contributed by atoms with Gasteiger partial charge >= 0.3 is 6.03 Å². The van der Waals surface area contributed by atoms with Crippen LogP contribution >= 0.6 is 0 Å². The molecule has 0 aromatic carbocycles.